The van der Waals surface area contributed by atoms with Crippen LogP contribution in [0.5, 0.6) is 0 Å². The second-order valence-electron chi connectivity index (χ2n) is 3.68. The maximum atomic E-state index is 13.2. The number of ether oxygens (including phenoxy) is 1. The van der Waals surface area contributed by atoms with Gasteiger partial charge in [-0.05, 0) is 24.6 Å². The summed E-state index contributed by atoms with van der Waals surface area (Å²) in [4.78, 5) is 11.8. The van der Waals surface area contributed by atoms with Crippen LogP contribution in [-0.4, -0.2) is 19.6 Å². The molecule has 0 aliphatic heterocycles. The minimum Gasteiger partial charge on any atom is -0.467 e. The Kier molecular flexibility index (Phi) is 4.24. The maximum Gasteiger partial charge on any atom is 0.330 e. The Labute approximate surface area is 100.0 Å². The number of hydrogen-bond acceptors (Lipinski definition) is 3. The Bertz CT molecular complexity index is 453. The van der Waals surface area contributed by atoms with Gasteiger partial charge in [0.15, 0.2) is 0 Å². The van der Waals surface area contributed by atoms with Crippen LogP contribution in [0, 0.1) is 18.2 Å². The highest BCUT2D eigenvalue weighted by Crippen LogP contribution is 2.22. The van der Waals surface area contributed by atoms with Crippen LogP contribution in [0.25, 0.3) is 0 Å². The summed E-state index contributed by atoms with van der Waals surface area (Å²) in [7, 11) is 1.28. The van der Waals surface area contributed by atoms with Gasteiger partial charge in [-0.2, -0.15) is 0 Å². The first-order valence-electron chi connectivity index (χ1n) is 5.07. The van der Waals surface area contributed by atoms with Gasteiger partial charge in [0.25, 0.3) is 0 Å². The lowest BCUT2D eigenvalue weighted by molar-refractivity contribution is -0.148. The van der Waals surface area contributed by atoms with Crippen molar-refractivity contribution in [2.24, 2.45) is 0 Å². The topological polar surface area (TPSA) is 38.3 Å². The number of benzene rings is 1. The molecule has 0 bridgehead atoms. The van der Waals surface area contributed by atoms with Crippen LogP contribution in [0.1, 0.15) is 12.5 Å². The first kappa shape index (κ1) is 13.2. The minimum atomic E-state index is -1.15. The summed E-state index contributed by atoms with van der Waals surface area (Å²) in [6, 6.07) is 5.76. The zero-order valence-corrected chi connectivity index (χ0v) is 9.79. The van der Waals surface area contributed by atoms with Crippen molar-refractivity contribution in [1.29, 1.82) is 0 Å². The fraction of sp³-hybridized carbons (Fsp3) is 0.308. The lowest BCUT2D eigenvalue weighted by Gasteiger charge is -2.27. The summed E-state index contributed by atoms with van der Waals surface area (Å²) in [5.41, 5.74) is -0.678. The molecule has 0 aromatic heterocycles. The fourth-order valence-electron chi connectivity index (χ4n) is 1.52. The zero-order valence-electron chi connectivity index (χ0n) is 9.79. The molecule has 17 heavy (non-hydrogen) atoms. The highest BCUT2D eigenvalue weighted by Gasteiger charge is 2.35. The standard InChI is InChI=1S/C13H14FNO2/c1-4-8-15-13(2,12(16)17-3)10-6-5-7-11(14)9-10/h1,5-7,9,15H,8H2,2-3H3. The molecule has 0 fully saturated rings. The minimum absolute atomic E-state index is 0.183. The lowest BCUT2D eigenvalue weighted by atomic mass is 9.92. The number of carbonyl (C=O) groups is 1. The Morgan fingerprint density at radius 3 is 2.88 bits per heavy atom. The molecule has 1 rings (SSSR count). The van der Waals surface area contributed by atoms with E-state index >= 15 is 0 Å². The molecule has 4 heteroatoms. The van der Waals surface area contributed by atoms with Gasteiger partial charge in [-0.3, -0.25) is 5.32 Å². The average Bonchev–Trinajstić information content (AvgIpc) is 2.34. The Balaban J connectivity index is 3.14. The molecule has 0 aliphatic carbocycles. The summed E-state index contributed by atoms with van der Waals surface area (Å²) in [6.45, 7) is 1.78. The van der Waals surface area contributed by atoms with Crippen molar-refractivity contribution < 1.29 is 13.9 Å². The first-order chi connectivity index (χ1) is 8.04. The van der Waals surface area contributed by atoms with Crippen molar-refractivity contribution in [2.45, 2.75) is 12.5 Å². The normalized spacial score (nSPS) is 13.5. The van der Waals surface area contributed by atoms with E-state index in [0.717, 1.165) is 0 Å². The molecule has 3 nitrogen and oxygen atoms in total. The summed E-state index contributed by atoms with van der Waals surface area (Å²) < 4.78 is 17.9. The van der Waals surface area contributed by atoms with Crippen molar-refractivity contribution in [3.05, 3.63) is 35.6 Å². The quantitative estimate of drug-likeness (QED) is 0.634. The van der Waals surface area contributed by atoms with Crippen molar-refractivity contribution in [1.82, 2.24) is 5.32 Å². The van der Waals surface area contributed by atoms with Gasteiger partial charge in [0.05, 0.1) is 13.7 Å². The Hall–Kier alpha value is -1.86. The van der Waals surface area contributed by atoms with Crippen LogP contribution in [0.15, 0.2) is 24.3 Å². The van der Waals surface area contributed by atoms with E-state index in [4.69, 9.17) is 11.2 Å². The second-order valence-corrected chi connectivity index (χ2v) is 3.68. The van der Waals surface area contributed by atoms with E-state index in [1.54, 1.807) is 13.0 Å². The van der Waals surface area contributed by atoms with Crippen molar-refractivity contribution >= 4 is 5.97 Å². The van der Waals surface area contributed by atoms with Gasteiger partial charge in [0, 0.05) is 0 Å². The third-order valence-corrected chi connectivity index (χ3v) is 2.54. The van der Waals surface area contributed by atoms with E-state index < -0.39 is 17.3 Å². The molecule has 1 N–H and O–H groups in total. The van der Waals surface area contributed by atoms with E-state index in [0.29, 0.717) is 5.56 Å². The molecular weight excluding hydrogens is 221 g/mol. The molecule has 0 radical (unpaired) electrons. The fourth-order valence-corrected chi connectivity index (χ4v) is 1.52. The number of methoxy groups -OCH3 is 1. The largest absolute Gasteiger partial charge is 0.467 e. The van der Waals surface area contributed by atoms with E-state index in [1.807, 2.05) is 0 Å². The number of nitrogens with one attached hydrogen (secondary N) is 1. The predicted octanol–water partition coefficient (Wildman–Crippen LogP) is 1.44. The number of hydrogen-bond donors (Lipinski definition) is 1. The van der Waals surface area contributed by atoms with Crippen LogP contribution in [0.4, 0.5) is 4.39 Å². The lowest BCUT2D eigenvalue weighted by Crippen LogP contribution is -2.47. The molecule has 0 saturated heterocycles. The van der Waals surface area contributed by atoms with Crippen molar-refractivity contribution in [2.75, 3.05) is 13.7 Å². The first-order valence-corrected chi connectivity index (χ1v) is 5.07. The van der Waals surface area contributed by atoms with Crippen LogP contribution in [-0.2, 0) is 15.1 Å². The molecule has 0 spiro atoms. The van der Waals surface area contributed by atoms with Gasteiger partial charge >= 0.3 is 5.97 Å². The number of carbonyl (C=O) groups excluding carboxylic acids is 1. The molecule has 0 saturated carbocycles. The third kappa shape index (κ3) is 2.83. The zero-order chi connectivity index (χ0) is 12.9. The summed E-state index contributed by atoms with van der Waals surface area (Å²) in [6.07, 6.45) is 5.15. The summed E-state index contributed by atoms with van der Waals surface area (Å²) in [5, 5.41) is 2.86. The molecule has 90 valence electrons. The van der Waals surface area contributed by atoms with E-state index in [-0.39, 0.29) is 6.54 Å². The average molecular weight is 235 g/mol. The molecule has 0 aliphatic rings. The number of rotatable bonds is 4. The summed E-state index contributed by atoms with van der Waals surface area (Å²) in [5.74, 6) is 1.44. The highest BCUT2D eigenvalue weighted by molar-refractivity contribution is 5.82. The van der Waals surface area contributed by atoms with Gasteiger partial charge in [0.2, 0.25) is 0 Å². The van der Waals surface area contributed by atoms with Crippen LogP contribution < -0.4 is 5.32 Å². The number of esters is 1. The molecule has 1 unspecified atom stereocenters. The maximum absolute atomic E-state index is 13.2. The van der Waals surface area contributed by atoms with Crippen molar-refractivity contribution in [3.8, 4) is 12.3 Å². The van der Waals surface area contributed by atoms with Crippen LogP contribution >= 0.6 is 0 Å². The van der Waals surface area contributed by atoms with Gasteiger partial charge in [0.1, 0.15) is 11.4 Å². The highest BCUT2D eigenvalue weighted by atomic mass is 19.1. The SMILES string of the molecule is C#CCNC(C)(C(=O)OC)c1cccc(F)c1. The molecule has 0 heterocycles. The van der Waals surface area contributed by atoms with Crippen molar-refractivity contribution in [3.63, 3.8) is 0 Å². The molecular formula is C13H14FNO2. The smallest absolute Gasteiger partial charge is 0.330 e. The molecule has 0 amide bonds. The van der Waals surface area contributed by atoms with Crippen LogP contribution in [0.3, 0.4) is 0 Å². The van der Waals surface area contributed by atoms with Gasteiger partial charge in [-0.25, -0.2) is 9.18 Å². The molecule has 1 aromatic carbocycles. The second kappa shape index (κ2) is 5.46. The third-order valence-electron chi connectivity index (χ3n) is 2.54. The van der Waals surface area contributed by atoms with Crippen LogP contribution in [0.2, 0.25) is 0 Å². The van der Waals surface area contributed by atoms with E-state index in [1.165, 1.54) is 25.3 Å². The van der Waals surface area contributed by atoms with Gasteiger partial charge in [-0.15, -0.1) is 6.42 Å². The Morgan fingerprint density at radius 1 is 1.65 bits per heavy atom. The summed E-state index contributed by atoms with van der Waals surface area (Å²) >= 11 is 0. The predicted molar refractivity (Wildman–Crippen MR) is 62.6 cm³/mol. The van der Waals surface area contributed by atoms with Gasteiger partial charge in [-0.1, -0.05) is 18.1 Å². The molecule has 1 atom stereocenters. The van der Waals surface area contributed by atoms with E-state index in [9.17, 15) is 9.18 Å². The number of terminal acetylenes is 1. The van der Waals surface area contributed by atoms with E-state index in [2.05, 4.69) is 11.2 Å². The van der Waals surface area contributed by atoms with Gasteiger partial charge < -0.3 is 4.74 Å². The number of halogens is 1. The molecule has 1 aromatic rings. The monoisotopic (exact) mass is 235 g/mol. The Morgan fingerprint density at radius 2 is 2.35 bits per heavy atom.